The van der Waals surface area contributed by atoms with Gasteiger partial charge in [-0.15, -0.1) is 0 Å². The van der Waals surface area contributed by atoms with Crippen molar-refractivity contribution in [3.63, 3.8) is 0 Å². The monoisotopic (exact) mass is 425 g/mol. The molecule has 3 N–H and O–H groups in total. The number of benzene rings is 3. The summed E-state index contributed by atoms with van der Waals surface area (Å²) in [6.45, 7) is 2.77. The summed E-state index contributed by atoms with van der Waals surface area (Å²) in [5, 5.41) is 17.4. The Balaban J connectivity index is 1.27. The van der Waals surface area contributed by atoms with Crippen LogP contribution in [0, 0.1) is 0 Å². The standard InChI is InChI=1S/C26H23N3O3/c30-20-8-4-7-17-21(20)24(31)18-9-10-19-23(22(18)25(17)32)28-26(27-19)11-13-29(14-12-26)15-16-5-2-1-3-6-16/h1-10,27-28,30H,11-15H2. The average molecular weight is 425 g/mol. The van der Waals surface area contributed by atoms with Crippen LogP contribution in [0.3, 0.4) is 0 Å². The minimum Gasteiger partial charge on any atom is -0.507 e. The molecule has 3 aliphatic rings. The van der Waals surface area contributed by atoms with Crippen molar-refractivity contribution in [2.24, 2.45) is 0 Å². The van der Waals surface area contributed by atoms with Crippen molar-refractivity contribution in [2.45, 2.75) is 25.0 Å². The van der Waals surface area contributed by atoms with Crippen molar-refractivity contribution < 1.29 is 14.7 Å². The first-order valence-electron chi connectivity index (χ1n) is 11.0. The van der Waals surface area contributed by atoms with Gasteiger partial charge in [0.2, 0.25) is 0 Å². The van der Waals surface area contributed by atoms with Crippen molar-refractivity contribution in [1.29, 1.82) is 0 Å². The number of carbonyl (C=O) groups excluding carboxylic acids is 2. The van der Waals surface area contributed by atoms with E-state index in [1.807, 2.05) is 12.1 Å². The Morgan fingerprint density at radius 2 is 1.53 bits per heavy atom. The van der Waals surface area contributed by atoms with E-state index in [0.717, 1.165) is 38.2 Å². The summed E-state index contributed by atoms with van der Waals surface area (Å²) in [4.78, 5) is 28.9. The summed E-state index contributed by atoms with van der Waals surface area (Å²) < 4.78 is 0. The number of nitrogens with zero attached hydrogens (tertiary/aromatic N) is 1. The van der Waals surface area contributed by atoms with Crippen LogP contribution in [0.2, 0.25) is 0 Å². The van der Waals surface area contributed by atoms with Gasteiger partial charge in [-0.25, -0.2) is 0 Å². The zero-order valence-electron chi connectivity index (χ0n) is 17.5. The predicted octanol–water partition coefficient (Wildman–Crippen LogP) is 4.00. The molecule has 6 heteroatoms. The SMILES string of the molecule is O=C1c2ccc3c(c2C(=O)c2cccc(O)c21)NC1(CCN(Cc2ccccc2)CC1)N3. The summed E-state index contributed by atoms with van der Waals surface area (Å²) in [7, 11) is 0. The van der Waals surface area contributed by atoms with Gasteiger partial charge in [0, 0.05) is 43.6 Å². The molecule has 0 unspecified atom stereocenters. The van der Waals surface area contributed by atoms with Gasteiger partial charge in [0.15, 0.2) is 11.6 Å². The third kappa shape index (κ3) is 2.83. The Labute approximate surface area is 185 Å². The van der Waals surface area contributed by atoms with Crippen LogP contribution in [0.25, 0.3) is 0 Å². The molecule has 0 aromatic heterocycles. The molecule has 0 atom stereocenters. The molecule has 1 fully saturated rings. The zero-order valence-corrected chi connectivity index (χ0v) is 17.5. The number of phenolic OH excluding ortho intramolecular Hbond substituents is 1. The van der Waals surface area contributed by atoms with E-state index in [1.54, 1.807) is 18.2 Å². The molecular weight excluding hydrogens is 402 g/mol. The number of hydrogen-bond acceptors (Lipinski definition) is 6. The topological polar surface area (TPSA) is 81.7 Å². The van der Waals surface area contributed by atoms with Crippen molar-refractivity contribution in [1.82, 2.24) is 4.90 Å². The number of piperidine rings is 1. The van der Waals surface area contributed by atoms with Gasteiger partial charge in [-0.1, -0.05) is 42.5 Å². The van der Waals surface area contributed by atoms with Crippen LogP contribution in [-0.4, -0.2) is 40.3 Å². The number of carbonyl (C=O) groups is 2. The van der Waals surface area contributed by atoms with Gasteiger partial charge in [-0.05, 0) is 23.8 Å². The lowest BCUT2D eigenvalue weighted by molar-refractivity contribution is 0.0977. The number of nitrogens with one attached hydrogen (secondary N) is 2. The second-order valence-electron chi connectivity index (χ2n) is 8.86. The van der Waals surface area contributed by atoms with Crippen molar-refractivity contribution in [3.05, 3.63) is 88.5 Å². The van der Waals surface area contributed by atoms with E-state index in [9.17, 15) is 14.7 Å². The van der Waals surface area contributed by atoms with Gasteiger partial charge in [-0.2, -0.15) is 0 Å². The number of likely N-dealkylation sites (tertiary alicyclic amines) is 1. The van der Waals surface area contributed by atoms with Crippen molar-refractivity contribution in [2.75, 3.05) is 23.7 Å². The Bertz CT molecular complexity index is 1260. The molecule has 0 amide bonds. The maximum atomic E-state index is 13.4. The first-order chi connectivity index (χ1) is 15.5. The fourth-order valence-corrected chi connectivity index (χ4v) is 5.21. The second kappa shape index (κ2) is 6.93. The van der Waals surface area contributed by atoms with Gasteiger partial charge < -0.3 is 15.7 Å². The predicted molar refractivity (Wildman–Crippen MR) is 122 cm³/mol. The molecular formula is C26H23N3O3. The van der Waals surface area contributed by atoms with E-state index in [0.29, 0.717) is 16.8 Å². The number of anilines is 2. The molecule has 2 aliphatic heterocycles. The van der Waals surface area contributed by atoms with E-state index < -0.39 is 0 Å². The molecule has 1 aliphatic carbocycles. The first kappa shape index (κ1) is 19.1. The first-order valence-corrected chi connectivity index (χ1v) is 11.0. The summed E-state index contributed by atoms with van der Waals surface area (Å²) in [6, 6.07) is 18.7. The maximum absolute atomic E-state index is 13.4. The highest BCUT2D eigenvalue weighted by molar-refractivity contribution is 6.31. The van der Waals surface area contributed by atoms with Crippen LogP contribution >= 0.6 is 0 Å². The lowest BCUT2D eigenvalue weighted by atomic mass is 9.82. The second-order valence-corrected chi connectivity index (χ2v) is 8.86. The van der Waals surface area contributed by atoms with Crippen molar-refractivity contribution in [3.8, 4) is 5.75 Å². The van der Waals surface area contributed by atoms with Crippen LogP contribution in [0.15, 0.2) is 60.7 Å². The number of ketones is 2. The Morgan fingerprint density at radius 3 is 2.31 bits per heavy atom. The Hall–Kier alpha value is -3.64. The summed E-state index contributed by atoms with van der Waals surface area (Å²) >= 11 is 0. The number of hydrogen-bond donors (Lipinski definition) is 3. The minimum atomic E-state index is -0.326. The highest BCUT2D eigenvalue weighted by Crippen LogP contribution is 2.45. The maximum Gasteiger partial charge on any atom is 0.198 e. The molecule has 0 radical (unpaired) electrons. The zero-order chi connectivity index (χ0) is 21.9. The van der Waals surface area contributed by atoms with Gasteiger partial charge in [0.25, 0.3) is 0 Å². The highest BCUT2D eigenvalue weighted by atomic mass is 16.3. The molecule has 1 spiro atoms. The molecule has 6 rings (SSSR count). The highest BCUT2D eigenvalue weighted by Gasteiger charge is 2.43. The summed E-state index contributed by atoms with van der Waals surface area (Å²) in [5.41, 5.74) is 3.64. The van der Waals surface area contributed by atoms with Crippen LogP contribution in [0.4, 0.5) is 11.4 Å². The Kier molecular flexibility index (Phi) is 4.13. The molecule has 32 heavy (non-hydrogen) atoms. The number of phenols is 1. The number of rotatable bonds is 2. The van der Waals surface area contributed by atoms with Crippen LogP contribution in [0.5, 0.6) is 5.75 Å². The minimum absolute atomic E-state index is 0.0971. The smallest absolute Gasteiger partial charge is 0.198 e. The average Bonchev–Trinajstić information content (AvgIpc) is 3.17. The lowest BCUT2D eigenvalue weighted by Gasteiger charge is -2.40. The van der Waals surface area contributed by atoms with Crippen LogP contribution in [0.1, 0.15) is 50.2 Å². The van der Waals surface area contributed by atoms with Crippen molar-refractivity contribution >= 4 is 22.9 Å². The quantitative estimate of drug-likeness (QED) is 0.450. The largest absolute Gasteiger partial charge is 0.507 e. The molecule has 3 aromatic carbocycles. The Morgan fingerprint density at radius 1 is 0.812 bits per heavy atom. The van der Waals surface area contributed by atoms with E-state index in [-0.39, 0.29) is 34.1 Å². The normalized spacial score (nSPS) is 18.5. The van der Waals surface area contributed by atoms with Crippen LogP contribution in [-0.2, 0) is 6.54 Å². The molecule has 6 nitrogen and oxygen atoms in total. The molecule has 1 saturated heterocycles. The van der Waals surface area contributed by atoms with E-state index in [4.69, 9.17) is 0 Å². The van der Waals surface area contributed by atoms with Gasteiger partial charge in [-0.3, -0.25) is 14.5 Å². The molecule has 0 bridgehead atoms. The van der Waals surface area contributed by atoms with E-state index in [2.05, 4.69) is 39.8 Å². The third-order valence-electron chi connectivity index (χ3n) is 6.89. The molecule has 160 valence electrons. The number of fused-ring (bicyclic) bond motifs is 4. The summed E-state index contributed by atoms with van der Waals surface area (Å²) in [6.07, 6.45) is 1.76. The fraction of sp³-hybridized carbons (Fsp3) is 0.231. The summed E-state index contributed by atoms with van der Waals surface area (Å²) in [5.74, 6) is -0.688. The van der Waals surface area contributed by atoms with E-state index >= 15 is 0 Å². The van der Waals surface area contributed by atoms with Gasteiger partial charge >= 0.3 is 0 Å². The van der Waals surface area contributed by atoms with Crippen LogP contribution < -0.4 is 10.6 Å². The molecule has 3 aromatic rings. The van der Waals surface area contributed by atoms with E-state index in [1.165, 1.54) is 11.6 Å². The third-order valence-corrected chi connectivity index (χ3v) is 6.89. The molecule has 0 saturated carbocycles. The lowest BCUT2D eigenvalue weighted by Crippen LogP contribution is -2.51. The molecule has 2 heterocycles. The fourth-order valence-electron chi connectivity index (χ4n) is 5.21. The number of aromatic hydroxyl groups is 1. The van der Waals surface area contributed by atoms with Gasteiger partial charge in [0.1, 0.15) is 11.4 Å². The van der Waals surface area contributed by atoms with Gasteiger partial charge in [0.05, 0.1) is 22.5 Å².